The summed E-state index contributed by atoms with van der Waals surface area (Å²) in [7, 11) is 0. The highest BCUT2D eigenvalue weighted by atomic mass is 16.9. The van der Waals surface area contributed by atoms with E-state index in [1.807, 2.05) is 6.07 Å². The Morgan fingerprint density at radius 2 is 2.13 bits per heavy atom. The third-order valence-electron chi connectivity index (χ3n) is 5.99. The van der Waals surface area contributed by atoms with Crippen molar-refractivity contribution < 1.29 is 24.2 Å². The maximum atomic E-state index is 12.5. The van der Waals surface area contributed by atoms with Crippen molar-refractivity contribution in [3.63, 3.8) is 0 Å². The van der Waals surface area contributed by atoms with Crippen molar-refractivity contribution >= 4 is 5.97 Å². The Hall–Kier alpha value is -2.57. The highest BCUT2D eigenvalue weighted by molar-refractivity contribution is 5.73. The molecule has 0 aromatic heterocycles. The summed E-state index contributed by atoms with van der Waals surface area (Å²) in [4.78, 5) is 27.0. The molecule has 2 aliphatic rings. The minimum atomic E-state index is -0.854. The number of esters is 1. The summed E-state index contributed by atoms with van der Waals surface area (Å²) in [5, 5.41) is 9.40. The molecule has 1 heterocycles. The van der Waals surface area contributed by atoms with Gasteiger partial charge in [0.25, 0.3) is 5.09 Å². The molecular formula is C23H31NO6. The number of rotatable bonds is 8. The summed E-state index contributed by atoms with van der Waals surface area (Å²) >= 11 is 0. The molecule has 1 aromatic rings. The van der Waals surface area contributed by atoms with Gasteiger partial charge in [0.15, 0.2) is 0 Å². The van der Waals surface area contributed by atoms with Crippen molar-refractivity contribution in [2.75, 3.05) is 6.61 Å². The van der Waals surface area contributed by atoms with Crippen LogP contribution in [0.5, 0.6) is 11.5 Å². The molecule has 0 unspecified atom stereocenters. The minimum absolute atomic E-state index is 0.0515. The van der Waals surface area contributed by atoms with Gasteiger partial charge in [-0.15, -0.1) is 10.1 Å². The Kier molecular flexibility index (Phi) is 6.68. The van der Waals surface area contributed by atoms with Gasteiger partial charge in [-0.3, -0.25) is 4.79 Å². The minimum Gasteiger partial charge on any atom is -0.487 e. The Morgan fingerprint density at radius 1 is 1.37 bits per heavy atom. The van der Waals surface area contributed by atoms with Crippen molar-refractivity contribution in [2.45, 2.75) is 77.7 Å². The molecule has 0 amide bonds. The summed E-state index contributed by atoms with van der Waals surface area (Å²) < 4.78 is 12.2. The summed E-state index contributed by atoms with van der Waals surface area (Å²) in [6, 6.07) is 4.03. The predicted molar refractivity (Wildman–Crippen MR) is 112 cm³/mol. The average molecular weight is 418 g/mol. The molecule has 2 atom stereocenters. The van der Waals surface area contributed by atoms with E-state index < -0.39 is 11.1 Å². The average Bonchev–Trinajstić information content (AvgIpc) is 2.64. The molecule has 164 valence electrons. The normalized spacial score (nSPS) is 21.5. The van der Waals surface area contributed by atoms with Crippen molar-refractivity contribution in [2.24, 2.45) is 5.92 Å². The van der Waals surface area contributed by atoms with Gasteiger partial charge in [0.05, 0.1) is 6.61 Å². The van der Waals surface area contributed by atoms with Crippen LogP contribution >= 0.6 is 0 Å². The Balaban J connectivity index is 1.91. The van der Waals surface area contributed by atoms with Crippen LogP contribution in [0.3, 0.4) is 0 Å². The lowest BCUT2D eigenvalue weighted by Crippen LogP contribution is -2.45. The zero-order valence-electron chi connectivity index (χ0n) is 18.2. The zero-order chi connectivity index (χ0) is 21.9. The first kappa shape index (κ1) is 22.1. The monoisotopic (exact) mass is 417 g/mol. The fourth-order valence-corrected chi connectivity index (χ4v) is 4.61. The second-order valence-electron chi connectivity index (χ2n) is 8.78. The summed E-state index contributed by atoms with van der Waals surface area (Å²) in [5.74, 6) is 1.35. The first-order valence-electron chi connectivity index (χ1n) is 10.7. The van der Waals surface area contributed by atoms with E-state index in [2.05, 4.69) is 44.7 Å². The molecule has 3 rings (SSSR count). The van der Waals surface area contributed by atoms with Crippen molar-refractivity contribution in [3.05, 3.63) is 45.0 Å². The molecule has 0 fully saturated rings. The van der Waals surface area contributed by atoms with Gasteiger partial charge in [0.1, 0.15) is 17.1 Å². The zero-order valence-corrected chi connectivity index (χ0v) is 18.2. The number of nitrogens with zero attached hydrogens (tertiary/aromatic N) is 1. The number of aryl methyl sites for hydroxylation is 1. The standard InChI is InChI=1S/C23H31NO6/c1-5-7-16-13-19(29-21(25)8-6-11-28-24(26)27)22-17-12-15(2)9-10-18(17)23(3,4)30-20(22)14-16/h12-14,17-18H,5-11H2,1-4H3/t17-,18-/m1/s1. The maximum absolute atomic E-state index is 12.5. The number of allylic oxidation sites excluding steroid dienone is 2. The maximum Gasteiger partial charge on any atom is 0.311 e. The molecular weight excluding hydrogens is 386 g/mol. The molecule has 7 nitrogen and oxygen atoms in total. The van der Waals surface area contributed by atoms with Crippen LogP contribution in [0.1, 0.15) is 76.8 Å². The molecule has 0 radical (unpaired) electrons. The number of fused-ring (bicyclic) bond motifs is 3. The molecule has 7 heteroatoms. The quantitative estimate of drug-likeness (QED) is 0.145. The van der Waals surface area contributed by atoms with Gasteiger partial charge < -0.3 is 14.3 Å². The molecule has 0 N–H and O–H groups in total. The van der Waals surface area contributed by atoms with Crippen molar-refractivity contribution in [1.29, 1.82) is 0 Å². The molecule has 0 bridgehead atoms. The Labute approximate surface area is 177 Å². The third-order valence-corrected chi connectivity index (χ3v) is 5.99. The first-order valence-corrected chi connectivity index (χ1v) is 10.7. The first-order chi connectivity index (χ1) is 14.2. The van der Waals surface area contributed by atoms with Crippen LogP contribution in [-0.4, -0.2) is 23.3 Å². The predicted octanol–water partition coefficient (Wildman–Crippen LogP) is 5.14. The van der Waals surface area contributed by atoms with E-state index >= 15 is 0 Å². The number of hydrogen-bond donors (Lipinski definition) is 0. The Bertz CT molecular complexity index is 844. The van der Waals surface area contributed by atoms with Crippen LogP contribution in [0.15, 0.2) is 23.8 Å². The van der Waals surface area contributed by atoms with Gasteiger partial charge in [-0.1, -0.05) is 25.0 Å². The lowest BCUT2D eigenvalue weighted by atomic mass is 9.68. The lowest BCUT2D eigenvalue weighted by molar-refractivity contribution is -0.757. The largest absolute Gasteiger partial charge is 0.487 e. The van der Waals surface area contributed by atoms with Gasteiger partial charge >= 0.3 is 5.97 Å². The van der Waals surface area contributed by atoms with E-state index in [-0.39, 0.29) is 31.0 Å². The second kappa shape index (κ2) is 9.06. The van der Waals surface area contributed by atoms with Crippen molar-refractivity contribution in [1.82, 2.24) is 0 Å². The van der Waals surface area contributed by atoms with E-state index in [0.29, 0.717) is 11.7 Å². The van der Waals surface area contributed by atoms with Crippen LogP contribution in [0.4, 0.5) is 0 Å². The van der Waals surface area contributed by atoms with Gasteiger partial charge in [-0.25, -0.2) is 0 Å². The van der Waals surface area contributed by atoms with E-state index in [1.54, 1.807) is 0 Å². The molecule has 0 saturated heterocycles. The van der Waals surface area contributed by atoms with Gasteiger partial charge in [-0.2, -0.15) is 0 Å². The van der Waals surface area contributed by atoms with E-state index in [0.717, 1.165) is 42.6 Å². The number of carbonyl (C=O) groups is 1. The highest BCUT2D eigenvalue weighted by Gasteiger charge is 2.45. The smallest absolute Gasteiger partial charge is 0.311 e. The topological polar surface area (TPSA) is 87.9 Å². The summed E-state index contributed by atoms with van der Waals surface area (Å²) in [5.41, 5.74) is 3.04. The van der Waals surface area contributed by atoms with Gasteiger partial charge in [0.2, 0.25) is 0 Å². The van der Waals surface area contributed by atoms with Gasteiger partial charge in [-0.05, 0) is 64.2 Å². The van der Waals surface area contributed by atoms with E-state index in [1.165, 1.54) is 5.57 Å². The van der Waals surface area contributed by atoms with E-state index in [9.17, 15) is 14.9 Å². The van der Waals surface area contributed by atoms with Crippen LogP contribution in [0, 0.1) is 16.0 Å². The number of ether oxygens (including phenoxy) is 2. The van der Waals surface area contributed by atoms with E-state index in [4.69, 9.17) is 9.47 Å². The SMILES string of the molecule is CCCc1cc(OC(=O)CCCO[N+](=O)[O-])c2c(c1)OC(C)(C)[C@@H]1CCC(C)=C[C@@H]21. The number of carbonyl (C=O) groups excluding carboxylic acids is 1. The fourth-order valence-electron chi connectivity index (χ4n) is 4.61. The Morgan fingerprint density at radius 3 is 2.83 bits per heavy atom. The molecule has 0 spiro atoms. The molecule has 30 heavy (non-hydrogen) atoms. The third kappa shape index (κ3) is 4.94. The van der Waals surface area contributed by atoms with Crippen LogP contribution in [-0.2, 0) is 16.1 Å². The highest BCUT2D eigenvalue weighted by Crippen LogP contribution is 2.53. The number of benzene rings is 1. The van der Waals surface area contributed by atoms with Crippen LogP contribution in [0.25, 0.3) is 0 Å². The van der Waals surface area contributed by atoms with Crippen LogP contribution in [0.2, 0.25) is 0 Å². The molecule has 1 aliphatic heterocycles. The second-order valence-corrected chi connectivity index (χ2v) is 8.78. The number of hydrogen-bond acceptors (Lipinski definition) is 6. The van der Waals surface area contributed by atoms with Crippen LogP contribution < -0.4 is 9.47 Å². The van der Waals surface area contributed by atoms with Gasteiger partial charge in [0, 0.05) is 23.8 Å². The molecule has 1 aliphatic carbocycles. The molecule has 1 aromatic carbocycles. The molecule has 0 saturated carbocycles. The lowest BCUT2D eigenvalue weighted by Gasteiger charge is -2.46. The fraction of sp³-hybridized carbons (Fsp3) is 0.609. The van der Waals surface area contributed by atoms with Crippen molar-refractivity contribution in [3.8, 4) is 11.5 Å². The summed E-state index contributed by atoms with van der Waals surface area (Å²) in [6.07, 6.45) is 6.48. The summed E-state index contributed by atoms with van der Waals surface area (Å²) in [6.45, 7) is 8.39.